The summed E-state index contributed by atoms with van der Waals surface area (Å²) in [4.78, 5) is 19.2. The predicted molar refractivity (Wildman–Crippen MR) is 142 cm³/mol. The standard InChI is InChI=1S/C22H39N5O2S.HI/c1-7-22(8-2,26-20(28)29-21(3,4)5)16-24-19(23-6)25-17-11-13-27(14-12-17)18-10-9-15-30-18;/h9-10,15,17H,7-8,11-14,16H2,1-6H3,(H,26,28)(H2,23,24,25);1H. The van der Waals surface area contributed by atoms with Crippen LogP contribution in [0.2, 0.25) is 0 Å². The highest BCUT2D eigenvalue weighted by atomic mass is 127. The molecule has 1 saturated heterocycles. The van der Waals surface area contributed by atoms with E-state index in [-0.39, 0.29) is 35.6 Å². The largest absolute Gasteiger partial charge is 0.444 e. The van der Waals surface area contributed by atoms with Crippen molar-refractivity contribution >= 4 is 52.4 Å². The summed E-state index contributed by atoms with van der Waals surface area (Å²) in [5.41, 5.74) is -0.900. The first-order valence-electron chi connectivity index (χ1n) is 11.0. The van der Waals surface area contributed by atoms with Crippen molar-refractivity contribution < 1.29 is 9.53 Å². The van der Waals surface area contributed by atoms with E-state index in [4.69, 9.17) is 4.74 Å². The molecule has 1 fully saturated rings. The number of hydrogen-bond donors (Lipinski definition) is 3. The number of halogens is 1. The molecule has 0 aromatic carbocycles. The number of rotatable bonds is 7. The Balaban J connectivity index is 0.00000480. The quantitative estimate of drug-likeness (QED) is 0.256. The monoisotopic (exact) mass is 565 g/mol. The van der Waals surface area contributed by atoms with Crippen molar-refractivity contribution in [2.24, 2.45) is 4.99 Å². The summed E-state index contributed by atoms with van der Waals surface area (Å²) in [6.07, 6.45) is 3.36. The molecule has 0 saturated carbocycles. The van der Waals surface area contributed by atoms with Crippen LogP contribution in [0.25, 0.3) is 0 Å². The van der Waals surface area contributed by atoms with E-state index in [0.29, 0.717) is 12.6 Å². The molecule has 2 heterocycles. The van der Waals surface area contributed by atoms with Crippen LogP contribution in [0.4, 0.5) is 9.80 Å². The van der Waals surface area contributed by atoms with E-state index in [1.54, 1.807) is 18.4 Å². The molecule has 0 aliphatic carbocycles. The van der Waals surface area contributed by atoms with Crippen LogP contribution >= 0.6 is 35.3 Å². The Morgan fingerprint density at radius 2 is 1.90 bits per heavy atom. The molecule has 1 aliphatic rings. The maximum atomic E-state index is 12.3. The van der Waals surface area contributed by atoms with Crippen LogP contribution in [0.15, 0.2) is 22.5 Å². The second kappa shape index (κ2) is 12.7. The molecular formula is C22H40IN5O2S. The molecular weight excluding hydrogens is 525 g/mol. The molecule has 1 aromatic heterocycles. The van der Waals surface area contributed by atoms with Gasteiger partial charge in [-0.05, 0) is 64.0 Å². The summed E-state index contributed by atoms with van der Waals surface area (Å²) < 4.78 is 5.46. The van der Waals surface area contributed by atoms with Gasteiger partial charge in [-0.25, -0.2) is 4.79 Å². The summed E-state index contributed by atoms with van der Waals surface area (Å²) in [6.45, 7) is 12.5. The van der Waals surface area contributed by atoms with Crippen LogP contribution in [0.1, 0.15) is 60.3 Å². The number of aliphatic imine (C=N–C) groups is 1. The van der Waals surface area contributed by atoms with Gasteiger partial charge in [0.15, 0.2) is 5.96 Å². The number of anilines is 1. The minimum Gasteiger partial charge on any atom is -0.444 e. The maximum absolute atomic E-state index is 12.3. The number of hydrogen-bond acceptors (Lipinski definition) is 5. The number of ether oxygens (including phenoxy) is 1. The molecule has 0 radical (unpaired) electrons. The first-order chi connectivity index (χ1) is 14.2. The Morgan fingerprint density at radius 3 is 2.39 bits per heavy atom. The fourth-order valence-corrected chi connectivity index (χ4v) is 4.36. The van der Waals surface area contributed by atoms with Crippen LogP contribution in [0, 0.1) is 0 Å². The Bertz CT molecular complexity index is 679. The van der Waals surface area contributed by atoms with Crippen molar-refractivity contribution in [1.29, 1.82) is 0 Å². The number of thiophene rings is 1. The molecule has 1 aromatic rings. The fourth-order valence-electron chi connectivity index (χ4n) is 3.58. The Labute approximate surface area is 208 Å². The lowest BCUT2D eigenvalue weighted by Crippen LogP contribution is -2.58. The Hall–Kier alpha value is -1.23. The average Bonchev–Trinajstić information content (AvgIpc) is 3.24. The summed E-state index contributed by atoms with van der Waals surface area (Å²) in [5, 5.41) is 13.5. The van der Waals surface area contributed by atoms with Crippen molar-refractivity contribution in [1.82, 2.24) is 16.0 Å². The van der Waals surface area contributed by atoms with Crippen LogP contribution in [-0.4, -0.2) is 55.9 Å². The first-order valence-corrected chi connectivity index (χ1v) is 11.8. The molecule has 2 rings (SSSR count). The molecule has 7 nitrogen and oxygen atoms in total. The number of nitrogens with zero attached hydrogens (tertiary/aromatic N) is 2. The number of nitrogens with one attached hydrogen (secondary N) is 3. The van der Waals surface area contributed by atoms with Crippen LogP contribution in [0.3, 0.4) is 0 Å². The highest BCUT2D eigenvalue weighted by Crippen LogP contribution is 2.24. The van der Waals surface area contributed by atoms with E-state index in [2.05, 4.69) is 57.2 Å². The van der Waals surface area contributed by atoms with Gasteiger partial charge in [0.05, 0.1) is 10.5 Å². The zero-order valence-electron chi connectivity index (χ0n) is 19.8. The molecule has 0 unspecified atom stereocenters. The number of guanidine groups is 1. The topological polar surface area (TPSA) is 78.0 Å². The van der Waals surface area contributed by atoms with Gasteiger partial charge in [0, 0.05) is 32.7 Å². The van der Waals surface area contributed by atoms with Crippen molar-refractivity contribution in [3.8, 4) is 0 Å². The Morgan fingerprint density at radius 1 is 1.26 bits per heavy atom. The second-order valence-corrected chi connectivity index (χ2v) is 9.82. The molecule has 31 heavy (non-hydrogen) atoms. The molecule has 0 spiro atoms. The van der Waals surface area contributed by atoms with Crippen molar-refractivity contribution in [2.75, 3.05) is 31.6 Å². The van der Waals surface area contributed by atoms with Crippen molar-refractivity contribution in [2.45, 2.75) is 77.5 Å². The smallest absolute Gasteiger partial charge is 0.408 e. The van der Waals surface area contributed by atoms with Gasteiger partial charge in [0.2, 0.25) is 0 Å². The van der Waals surface area contributed by atoms with Gasteiger partial charge >= 0.3 is 6.09 Å². The summed E-state index contributed by atoms with van der Waals surface area (Å²) in [5.74, 6) is 0.779. The minimum absolute atomic E-state index is 0. The van der Waals surface area contributed by atoms with Gasteiger partial charge < -0.3 is 25.6 Å². The van der Waals surface area contributed by atoms with E-state index in [9.17, 15) is 4.79 Å². The van der Waals surface area contributed by atoms with E-state index >= 15 is 0 Å². The lowest BCUT2D eigenvalue weighted by atomic mass is 9.93. The van der Waals surface area contributed by atoms with Gasteiger partial charge in [-0.3, -0.25) is 4.99 Å². The zero-order chi connectivity index (χ0) is 22.2. The molecule has 0 atom stereocenters. The third kappa shape index (κ3) is 9.03. The van der Waals surface area contributed by atoms with Crippen LogP contribution in [0.5, 0.6) is 0 Å². The number of piperidine rings is 1. The SMILES string of the molecule is CCC(CC)(CNC(=NC)NC1CCN(c2cccs2)CC1)NC(=O)OC(C)(C)C.I. The lowest BCUT2D eigenvalue weighted by Gasteiger charge is -2.36. The van der Waals surface area contributed by atoms with E-state index in [0.717, 1.165) is 44.7 Å². The number of amides is 1. The zero-order valence-corrected chi connectivity index (χ0v) is 22.9. The van der Waals surface area contributed by atoms with Gasteiger partial charge in [0.1, 0.15) is 5.60 Å². The fraction of sp³-hybridized carbons (Fsp3) is 0.727. The van der Waals surface area contributed by atoms with Gasteiger partial charge in [-0.2, -0.15) is 0 Å². The number of carbonyl (C=O) groups excluding carboxylic acids is 1. The summed E-state index contributed by atoms with van der Waals surface area (Å²) >= 11 is 1.80. The van der Waals surface area contributed by atoms with E-state index in [1.165, 1.54) is 5.00 Å². The summed E-state index contributed by atoms with van der Waals surface area (Å²) in [7, 11) is 1.79. The lowest BCUT2D eigenvalue weighted by molar-refractivity contribution is 0.0448. The van der Waals surface area contributed by atoms with Gasteiger partial charge in [-0.1, -0.05) is 13.8 Å². The van der Waals surface area contributed by atoms with Crippen LogP contribution in [-0.2, 0) is 4.74 Å². The molecule has 9 heteroatoms. The average molecular weight is 566 g/mol. The third-order valence-electron chi connectivity index (χ3n) is 5.59. The molecule has 3 N–H and O–H groups in total. The highest BCUT2D eigenvalue weighted by molar-refractivity contribution is 14.0. The van der Waals surface area contributed by atoms with Gasteiger partial charge in [0.25, 0.3) is 0 Å². The third-order valence-corrected chi connectivity index (χ3v) is 6.52. The molecule has 178 valence electrons. The van der Waals surface area contributed by atoms with Crippen molar-refractivity contribution in [3.05, 3.63) is 17.5 Å². The number of carbonyl (C=O) groups is 1. The van der Waals surface area contributed by atoms with Crippen LogP contribution < -0.4 is 20.9 Å². The maximum Gasteiger partial charge on any atom is 0.408 e. The minimum atomic E-state index is -0.514. The van der Waals surface area contributed by atoms with E-state index in [1.807, 2.05) is 20.8 Å². The molecule has 1 amide bonds. The first kappa shape index (κ1) is 27.8. The highest BCUT2D eigenvalue weighted by Gasteiger charge is 2.31. The Kier molecular flexibility index (Phi) is 11.4. The molecule has 0 bridgehead atoms. The van der Waals surface area contributed by atoms with E-state index < -0.39 is 5.60 Å². The van der Waals surface area contributed by atoms with Crippen molar-refractivity contribution in [3.63, 3.8) is 0 Å². The number of alkyl carbamates (subject to hydrolysis) is 1. The normalized spacial score (nSPS) is 15.8. The molecule has 1 aliphatic heterocycles. The van der Waals surface area contributed by atoms with Gasteiger partial charge in [-0.15, -0.1) is 35.3 Å². The summed E-state index contributed by atoms with van der Waals surface area (Å²) in [6, 6.07) is 4.68. The second-order valence-electron chi connectivity index (χ2n) is 8.90. The predicted octanol–water partition coefficient (Wildman–Crippen LogP) is 4.58.